The van der Waals surface area contributed by atoms with Crippen molar-refractivity contribution >= 4 is 55.9 Å². The Morgan fingerprint density at radius 3 is 1.68 bits per heavy atom. The van der Waals surface area contributed by atoms with Gasteiger partial charge in [-0.25, -0.2) is 9.88 Å². The second kappa shape index (κ2) is 9.19. The Labute approximate surface area is 222 Å². The maximum Gasteiger partial charge on any atom is 0.238 e. The van der Waals surface area contributed by atoms with Crippen molar-refractivity contribution in [3.63, 3.8) is 0 Å². The molecule has 0 fully saturated rings. The van der Waals surface area contributed by atoms with Gasteiger partial charge in [-0.15, -0.1) is 0 Å². The lowest BCUT2D eigenvalue weighted by molar-refractivity contribution is 0.633. The van der Waals surface area contributed by atoms with E-state index in [1.807, 2.05) is 66.7 Å². The second-order valence-electron chi connectivity index (χ2n) is 9.54. The first-order valence-corrected chi connectivity index (χ1v) is 14.5. The van der Waals surface area contributed by atoms with E-state index < -0.39 is 7.49 Å². The van der Waals surface area contributed by atoms with Crippen LogP contribution in [0.2, 0.25) is 0 Å². The number of pyridine rings is 1. The van der Waals surface area contributed by atoms with Gasteiger partial charge in [0.15, 0.2) is 0 Å². The number of hydrogen-bond acceptors (Lipinski definition) is 2. The van der Waals surface area contributed by atoms with Crippen LogP contribution in [0.3, 0.4) is 0 Å². The van der Waals surface area contributed by atoms with Gasteiger partial charge in [0, 0.05) is 21.7 Å². The largest absolute Gasteiger partial charge is 0.247 e. The highest BCUT2D eigenvalue weighted by molar-refractivity contribution is 7.91. The number of aromatic nitrogens is 1. The molecule has 0 bridgehead atoms. The third-order valence-electron chi connectivity index (χ3n) is 7.36. The van der Waals surface area contributed by atoms with Crippen LogP contribution in [0.4, 0.5) is 0 Å². The fourth-order valence-electron chi connectivity index (χ4n) is 5.51. The number of benzene rings is 6. The number of nitrogens with zero attached hydrogens (tertiary/aromatic N) is 1. The third kappa shape index (κ3) is 3.62. The van der Waals surface area contributed by atoms with E-state index in [2.05, 4.69) is 78.9 Å². The lowest BCUT2D eigenvalue weighted by Gasteiger charge is -2.20. The zero-order valence-corrected chi connectivity index (χ0v) is 21.6. The van der Waals surface area contributed by atoms with Crippen LogP contribution in [-0.2, 0) is 0 Å². The molecule has 1 heterocycles. The summed E-state index contributed by atoms with van der Waals surface area (Å²) in [4.78, 5) is 17.4. The molecule has 1 aromatic heterocycles. The Bertz CT molecular complexity index is 1860. The molecule has 7 rings (SSSR count). The molecule has 180 valence electrons. The van der Waals surface area contributed by atoms with E-state index in [4.69, 9.17) is 4.98 Å². The Morgan fingerprint density at radius 1 is 0.447 bits per heavy atom. The van der Waals surface area contributed by atoms with E-state index in [0.717, 1.165) is 43.5 Å². The van der Waals surface area contributed by atoms with Crippen molar-refractivity contribution in [3.05, 3.63) is 146 Å². The normalized spacial score (nSPS) is 11.8. The first kappa shape index (κ1) is 22.8. The van der Waals surface area contributed by atoms with Crippen molar-refractivity contribution in [1.29, 1.82) is 0 Å². The van der Waals surface area contributed by atoms with Crippen molar-refractivity contribution < 1.29 is 4.89 Å². The van der Waals surface area contributed by atoms with Crippen LogP contribution in [0.1, 0.15) is 0 Å². The molecule has 0 aliphatic heterocycles. The monoisotopic (exact) mass is 506 g/mol. The summed E-state index contributed by atoms with van der Waals surface area (Å²) >= 11 is 0. The number of para-hydroxylation sites is 1. The Balaban J connectivity index is 1.44. The van der Waals surface area contributed by atoms with Gasteiger partial charge >= 0.3 is 0 Å². The molecule has 2 nitrogen and oxygen atoms in total. The van der Waals surface area contributed by atoms with Crippen LogP contribution in [-0.4, -0.2) is 9.88 Å². The zero-order chi connectivity index (χ0) is 25.5. The van der Waals surface area contributed by atoms with Crippen molar-refractivity contribution in [2.45, 2.75) is 0 Å². The summed E-state index contributed by atoms with van der Waals surface area (Å²) in [6.07, 6.45) is 0. The van der Waals surface area contributed by atoms with E-state index >= 15 is 0 Å². The summed E-state index contributed by atoms with van der Waals surface area (Å²) in [7, 11) is -2.78. The minimum Gasteiger partial charge on any atom is -0.247 e. The molecular weight excluding hydrogens is 481 g/mol. The van der Waals surface area contributed by atoms with Gasteiger partial charge in [-0.05, 0) is 65.4 Å². The molecule has 7 aromatic rings. The van der Waals surface area contributed by atoms with Crippen molar-refractivity contribution in [2.24, 2.45) is 0 Å². The van der Waals surface area contributed by atoms with Gasteiger partial charge in [0.05, 0.1) is 11.2 Å². The average Bonchev–Trinajstić information content (AvgIpc) is 3.01. The molecule has 0 aliphatic rings. The summed E-state index contributed by atoms with van der Waals surface area (Å²) in [5.41, 5.74) is 2.97. The highest BCUT2D eigenvalue weighted by Crippen LogP contribution is 2.51. The minimum atomic E-state index is -2.78. The lowest BCUT2D eigenvalue weighted by Crippen LogP contribution is -2.30. The van der Waals surface area contributed by atoms with Gasteiger partial charge in [0.25, 0.3) is 0 Å². The smallest absolute Gasteiger partial charge is 0.238 e. The van der Waals surface area contributed by atoms with Gasteiger partial charge < -0.3 is 0 Å². The first-order valence-electron chi connectivity index (χ1n) is 12.8. The molecule has 0 amide bonds. The minimum absolute atomic E-state index is 0.925. The average molecular weight is 507 g/mol. The summed E-state index contributed by atoms with van der Waals surface area (Å²) < 4.78 is 0. The van der Waals surface area contributed by atoms with Crippen LogP contribution in [0.25, 0.3) is 43.7 Å². The summed E-state index contributed by atoms with van der Waals surface area (Å²) in [6.45, 7) is 0. The number of hydrogen-bond donors (Lipinski definition) is 1. The fourth-order valence-corrected chi connectivity index (χ4v) is 8.19. The molecule has 3 heteroatoms. The van der Waals surface area contributed by atoms with Gasteiger partial charge in [0.2, 0.25) is 7.49 Å². The van der Waals surface area contributed by atoms with E-state index in [0.29, 0.717) is 0 Å². The standard InChI is InChI=1S/C35H25NOP/c37-38(27-12-3-1-4-13-27,28-14-5-2-6-15-28)29-22-19-26(20-23-29)35-32-24-21-25-11-7-8-16-30(25)34(32)31-17-9-10-18-33(31)36-35/h1-24,37H/q+1. The summed E-state index contributed by atoms with van der Waals surface area (Å²) in [5, 5.41) is 8.78. The third-order valence-corrected chi connectivity index (χ3v) is 10.5. The quantitative estimate of drug-likeness (QED) is 0.199. The van der Waals surface area contributed by atoms with E-state index in [1.54, 1.807) is 0 Å². The molecule has 0 spiro atoms. The van der Waals surface area contributed by atoms with Crippen LogP contribution in [0, 0.1) is 0 Å². The predicted octanol–water partition coefficient (Wildman–Crippen LogP) is 7.41. The Hall–Kier alpha value is -4.36. The maximum absolute atomic E-state index is 12.3. The lowest BCUT2D eigenvalue weighted by atomic mass is 9.95. The van der Waals surface area contributed by atoms with Crippen LogP contribution >= 0.6 is 7.49 Å². The van der Waals surface area contributed by atoms with Gasteiger partial charge in [0.1, 0.15) is 15.9 Å². The summed E-state index contributed by atoms with van der Waals surface area (Å²) in [6, 6.07) is 49.7. The molecule has 0 saturated carbocycles. The predicted molar refractivity (Wildman–Crippen MR) is 163 cm³/mol. The number of fused-ring (bicyclic) bond motifs is 5. The Morgan fingerprint density at radius 2 is 1.00 bits per heavy atom. The van der Waals surface area contributed by atoms with Crippen LogP contribution < -0.4 is 15.9 Å². The van der Waals surface area contributed by atoms with Crippen LogP contribution in [0.5, 0.6) is 0 Å². The SMILES string of the molecule is O[P+](c1ccccc1)(c1ccccc1)c1ccc(-c2nc3ccccc3c3c2ccc2ccccc23)cc1. The fraction of sp³-hybridized carbons (Fsp3) is 0. The van der Waals surface area contributed by atoms with E-state index in [-0.39, 0.29) is 0 Å². The Kier molecular flexibility index (Phi) is 5.51. The molecule has 6 aromatic carbocycles. The van der Waals surface area contributed by atoms with E-state index in [9.17, 15) is 4.89 Å². The van der Waals surface area contributed by atoms with Gasteiger partial charge in [-0.3, -0.25) is 0 Å². The molecule has 38 heavy (non-hydrogen) atoms. The molecule has 1 N–H and O–H groups in total. The number of rotatable bonds is 4. The van der Waals surface area contributed by atoms with Crippen molar-refractivity contribution in [2.75, 3.05) is 0 Å². The highest BCUT2D eigenvalue weighted by Gasteiger charge is 2.44. The molecule has 0 radical (unpaired) electrons. The summed E-state index contributed by atoms with van der Waals surface area (Å²) in [5.74, 6) is 0. The van der Waals surface area contributed by atoms with Crippen LogP contribution in [0.15, 0.2) is 146 Å². The zero-order valence-electron chi connectivity index (χ0n) is 20.7. The first-order chi connectivity index (χ1) is 18.7. The van der Waals surface area contributed by atoms with Crippen molar-refractivity contribution in [1.82, 2.24) is 4.98 Å². The molecule has 0 saturated heterocycles. The topological polar surface area (TPSA) is 33.1 Å². The maximum atomic E-state index is 12.3. The van der Waals surface area contributed by atoms with Gasteiger partial charge in [-0.1, -0.05) is 91.0 Å². The molecule has 0 aliphatic carbocycles. The van der Waals surface area contributed by atoms with Gasteiger partial charge in [-0.2, -0.15) is 0 Å². The molecule has 0 atom stereocenters. The molecule has 0 unspecified atom stereocenters. The molecular formula is C35H25NOP+. The van der Waals surface area contributed by atoms with Crippen molar-refractivity contribution in [3.8, 4) is 11.3 Å². The van der Waals surface area contributed by atoms with E-state index in [1.165, 1.54) is 16.2 Å². The highest BCUT2D eigenvalue weighted by atomic mass is 31.2. The second-order valence-corrected chi connectivity index (χ2v) is 12.4.